The molecule has 8 heteroatoms. The molecule has 0 aliphatic carbocycles. The van der Waals surface area contributed by atoms with Gasteiger partial charge >= 0.3 is 0 Å². The van der Waals surface area contributed by atoms with Crippen molar-refractivity contribution in [3.63, 3.8) is 0 Å². The van der Waals surface area contributed by atoms with Crippen LogP contribution in [-0.4, -0.2) is 49.5 Å². The van der Waals surface area contributed by atoms with E-state index < -0.39 is 34.1 Å². The molecule has 2 amide bonds. The normalized spacial score (nSPS) is 12.5. The zero-order valence-electron chi connectivity index (χ0n) is 23.6. The number of sulfonamides is 1. The van der Waals surface area contributed by atoms with Gasteiger partial charge in [-0.3, -0.25) is 13.9 Å². The van der Waals surface area contributed by atoms with Crippen LogP contribution in [0.3, 0.4) is 0 Å². The van der Waals surface area contributed by atoms with Gasteiger partial charge < -0.3 is 10.2 Å². The highest BCUT2D eigenvalue weighted by Gasteiger charge is 2.34. The zero-order chi connectivity index (χ0) is 28.8. The van der Waals surface area contributed by atoms with Crippen molar-refractivity contribution in [2.24, 2.45) is 0 Å². The van der Waals surface area contributed by atoms with E-state index in [2.05, 4.69) is 5.32 Å². The Hall–Kier alpha value is -3.65. The molecule has 0 heterocycles. The van der Waals surface area contributed by atoms with E-state index in [0.29, 0.717) is 5.69 Å². The summed E-state index contributed by atoms with van der Waals surface area (Å²) in [6.45, 7) is 9.04. The fraction of sp³-hybridized carbons (Fsp3) is 0.355. The van der Waals surface area contributed by atoms with Gasteiger partial charge in [-0.15, -0.1) is 0 Å². The van der Waals surface area contributed by atoms with E-state index in [1.165, 1.54) is 4.90 Å². The Morgan fingerprint density at radius 2 is 1.33 bits per heavy atom. The number of anilines is 1. The highest BCUT2D eigenvalue weighted by Crippen LogP contribution is 2.27. The Morgan fingerprint density at radius 3 is 1.82 bits per heavy atom. The van der Waals surface area contributed by atoms with Gasteiger partial charge in [0.2, 0.25) is 21.8 Å². The summed E-state index contributed by atoms with van der Waals surface area (Å²) >= 11 is 0. The predicted molar refractivity (Wildman–Crippen MR) is 157 cm³/mol. The van der Waals surface area contributed by atoms with Crippen LogP contribution >= 0.6 is 0 Å². The van der Waals surface area contributed by atoms with Crippen molar-refractivity contribution in [1.82, 2.24) is 10.2 Å². The fourth-order valence-corrected chi connectivity index (χ4v) is 5.53. The summed E-state index contributed by atoms with van der Waals surface area (Å²) in [7, 11) is -3.81. The van der Waals surface area contributed by atoms with Crippen LogP contribution in [0, 0.1) is 13.8 Å². The summed E-state index contributed by atoms with van der Waals surface area (Å²) in [5.74, 6) is -0.759. The van der Waals surface area contributed by atoms with Gasteiger partial charge in [0.05, 0.1) is 11.9 Å². The smallest absolute Gasteiger partial charge is 0.244 e. The molecule has 3 rings (SSSR count). The lowest BCUT2D eigenvalue weighted by atomic mass is 10.0. The summed E-state index contributed by atoms with van der Waals surface area (Å²) in [6.07, 6.45) is 1.38. The molecule has 208 valence electrons. The summed E-state index contributed by atoms with van der Waals surface area (Å²) < 4.78 is 27.2. The van der Waals surface area contributed by atoms with Crippen LogP contribution in [0.25, 0.3) is 0 Å². The van der Waals surface area contributed by atoms with Gasteiger partial charge in [0.15, 0.2) is 0 Å². The number of rotatable bonds is 10. The first-order chi connectivity index (χ1) is 18.3. The van der Waals surface area contributed by atoms with Gasteiger partial charge in [0.1, 0.15) is 12.6 Å². The fourth-order valence-electron chi connectivity index (χ4n) is 4.56. The SMILES string of the molecule is Cc1cccc(C)c1N(CC(=O)N(Cc1ccccc1)[C@@H](Cc1ccccc1)C(=O)NC(C)(C)C)S(C)(=O)=O. The van der Waals surface area contributed by atoms with Crippen LogP contribution in [0.15, 0.2) is 78.9 Å². The molecule has 39 heavy (non-hydrogen) atoms. The third kappa shape index (κ3) is 8.42. The minimum Gasteiger partial charge on any atom is -0.350 e. The molecule has 3 aromatic rings. The lowest BCUT2D eigenvalue weighted by Gasteiger charge is -2.35. The highest BCUT2D eigenvalue weighted by molar-refractivity contribution is 7.92. The van der Waals surface area contributed by atoms with E-state index in [1.807, 2.05) is 113 Å². The number of carbonyl (C=O) groups excluding carboxylic acids is 2. The summed E-state index contributed by atoms with van der Waals surface area (Å²) in [5.41, 5.74) is 3.18. The Bertz CT molecular complexity index is 1360. The molecule has 0 unspecified atom stereocenters. The second-order valence-electron chi connectivity index (χ2n) is 11.0. The number of hydrogen-bond donors (Lipinski definition) is 1. The van der Waals surface area contributed by atoms with E-state index in [1.54, 1.807) is 0 Å². The number of aryl methyl sites for hydroxylation is 2. The number of hydrogen-bond acceptors (Lipinski definition) is 4. The minimum atomic E-state index is -3.81. The Labute approximate surface area is 232 Å². The third-order valence-electron chi connectivity index (χ3n) is 6.33. The molecule has 0 spiro atoms. The monoisotopic (exact) mass is 549 g/mol. The number of amides is 2. The molecular weight excluding hydrogens is 510 g/mol. The van der Waals surface area contributed by atoms with Crippen LogP contribution in [0.2, 0.25) is 0 Å². The van der Waals surface area contributed by atoms with E-state index in [4.69, 9.17) is 0 Å². The largest absolute Gasteiger partial charge is 0.350 e. The number of benzene rings is 3. The van der Waals surface area contributed by atoms with Gasteiger partial charge in [0, 0.05) is 18.5 Å². The maximum atomic E-state index is 14.1. The number of nitrogens with zero attached hydrogens (tertiary/aromatic N) is 2. The number of nitrogens with one attached hydrogen (secondary N) is 1. The van der Waals surface area contributed by atoms with E-state index in [9.17, 15) is 18.0 Å². The Kier molecular flexibility index (Phi) is 9.56. The minimum absolute atomic E-state index is 0.152. The molecular formula is C31H39N3O4S. The van der Waals surface area contributed by atoms with Crippen LogP contribution in [-0.2, 0) is 32.6 Å². The topological polar surface area (TPSA) is 86.8 Å². The highest BCUT2D eigenvalue weighted by atomic mass is 32.2. The van der Waals surface area contributed by atoms with Crippen molar-refractivity contribution in [3.05, 3.63) is 101 Å². The van der Waals surface area contributed by atoms with Crippen molar-refractivity contribution >= 4 is 27.5 Å². The molecule has 0 radical (unpaired) electrons. The first-order valence-electron chi connectivity index (χ1n) is 13.0. The summed E-state index contributed by atoms with van der Waals surface area (Å²) in [5, 5.41) is 3.03. The standard InChI is InChI=1S/C31H39N3O4S/c1-23-14-13-15-24(2)29(23)34(39(6,37)38)22-28(35)33(21-26-18-11-8-12-19-26)27(30(36)32-31(3,4)5)20-25-16-9-7-10-17-25/h7-19,27H,20-22H2,1-6H3,(H,32,36)/t27-/m0/s1. The van der Waals surface area contributed by atoms with Crippen LogP contribution < -0.4 is 9.62 Å². The zero-order valence-corrected chi connectivity index (χ0v) is 24.5. The third-order valence-corrected chi connectivity index (χ3v) is 7.45. The van der Waals surface area contributed by atoms with Gasteiger partial charge in [0.25, 0.3) is 0 Å². The average molecular weight is 550 g/mol. The van der Waals surface area contributed by atoms with Gasteiger partial charge in [-0.1, -0.05) is 78.9 Å². The molecule has 3 aromatic carbocycles. The molecule has 0 saturated carbocycles. The van der Waals surface area contributed by atoms with E-state index in [0.717, 1.165) is 32.8 Å². The molecule has 0 aliphatic rings. The van der Waals surface area contributed by atoms with E-state index in [-0.39, 0.29) is 18.9 Å². The predicted octanol–water partition coefficient (Wildman–Crippen LogP) is 4.62. The molecule has 1 N–H and O–H groups in total. The molecule has 0 aromatic heterocycles. The molecule has 1 atom stereocenters. The van der Waals surface area contributed by atoms with Crippen molar-refractivity contribution in [2.45, 2.75) is 59.2 Å². The maximum Gasteiger partial charge on any atom is 0.244 e. The van der Waals surface area contributed by atoms with Crippen LogP contribution in [0.1, 0.15) is 43.0 Å². The van der Waals surface area contributed by atoms with Gasteiger partial charge in [-0.2, -0.15) is 0 Å². The molecule has 0 bridgehead atoms. The Balaban J connectivity index is 2.09. The van der Waals surface area contributed by atoms with Crippen molar-refractivity contribution in [1.29, 1.82) is 0 Å². The maximum absolute atomic E-state index is 14.1. The number of carbonyl (C=O) groups is 2. The second kappa shape index (κ2) is 12.5. The van der Waals surface area contributed by atoms with Crippen LogP contribution in [0.4, 0.5) is 5.69 Å². The summed E-state index contributed by atoms with van der Waals surface area (Å²) in [6, 6.07) is 23.6. The number of para-hydroxylation sites is 1. The molecule has 7 nitrogen and oxygen atoms in total. The van der Waals surface area contributed by atoms with E-state index >= 15 is 0 Å². The van der Waals surface area contributed by atoms with Crippen LogP contribution in [0.5, 0.6) is 0 Å². The molecule has 0 saturated heterocycles. The average Bonchev–Trinajstić information content (AvgIpc) is 2.85. The van der Waals surface area contributed by atoms with Gasteiger partial charge in [-0.05, 0) is 56.9 Å². The molecule has 0 aliphatic heterocycles. The first-order valence-corrected chi connectivity index (χ1v) is 14.8. The van der Waals surface area contributed by atoms with Gasteiger partial charge in [-0.25, -0.2) is 8.42 Å². The second-order valence-corrected chi connectivity index (χ2v) is 12.9. The Morgan fingerprint density at radius 1 is 0.821 bits per heavy atom. The lowest BCUT2D eigenvalue weighted by Crippen LogP contribution is -2.56. The summed E-state index contributed by atoms with van der Waals surface area (Å²) in [4.78, 5) is 29.4. The van der Waals surface area contributed by atoms with Crippen molar-refractivity contribution in [2.75, 3.05) is 17.1 Å². The first kappa shape index (κ1) is 29.9. The quantitative estimate of drug-likeness (QED) is 0.400. The lowest BCUT2D eigenvalue weighted by molar-refractivity contribution is -0.140. The molecule has 0 fully saturated rings. The van der Waals surface area contributed by atoms with Crippen molar-refractivity contribution in [3.8, 4) is 0 Å². The van der Waals surface area contributed by atoms with Crippen molar-refractivity contribution < 1.29 is 18.0 Å².